The highest BCUT2D eigenvalue weighted by atomic mass is 16.5. The SMILES string of the molecule is CCCCCCCCCCC/C=C/[C@@]1(C(=O)OC)[C@H](C(C)=O)[C@@H](C(C)=O)C(C(=O)OC)=C[C@H]1CCCCCCCCCCCC. The largest absolute Gasteiger partial charge is 0.468 e. The van der Waals surface area contributed by atoms with E-state index in [1.54, 1.807) is 6.08 Å². The smallest absolute Gasteiger partial charge is 0.334 e. The number of ether oxygens (including phenoxy) is 2. The van der Waals surface area contributed by atoms with E-state index in [2.05, 4.69) is 13.8 Å². The molecule has 0 bridgehead atoms. The van der Waals surface area contributed by atoms with E-state index in [-0.39, 0.29) is 17.1 Å². The predicted molar refractivity (Wildman–Crippen MR) is 184 cm³/mol. The quantitative estimate of drug-likeness (QED) is 0.0537. The molecule has 0 heterocycles. The average molecular weight is 631 g/mol. The van der Waals surface area contributed by atoms with Crippen LogP contribution in [0.4, 0.5) is 0 Å². The molecule has 0 fully saturated rings. The van der Waals surface area contributed by atoms with E-state index in [4.69, 9.17) is 9.47 Å². The topological polar surface area (TPSA) is 86.7 Å². The van der Waals surface area contributed by atoms with Crippen LogP contribution in [0.3, 0.4) is 0 Å². The van der Waals surface area contributed by atoms with Crippen molar-refractivity contribution < 1.29 is 28.7 Å². The van der Waals surface area contributed by atoms with Crippen LogP contribution in [0.5, 0.6) is 0 Å². The fourth-order valence-electron chi connectivity index (χ4n) is 7.26. The average Bonchev–Trinajstić information content (AvgIpc) is 3.03. The minimum absolute atomic E-state index is 0.189. The predicted octanol–water partition coefficient (Wildman–Crippen LogP) is 10.1. The highest BCUT2D eigenvalue weighted by Gasteiger charge is 2.59. The molecule has 0 amide bonds. The molecule has 1 rings (SSSR count). The molecular formula is C39H66O6. The summed E-state index contributed by atoms with van der Waals surface area (Å²) >= 11 is 0. The minimum Gasteiger partial charge on any atom is -0.468 e. The van der Waals surface area contributed by atoms with Gasteiger partial charge in [-0.25, -0.2) is 4.79 Å². The van der Waals surface area contributed by atoms with Gasteiger partial charge in [0.1, 0.15) is 17.0 Å². The summed E-state index contributed by atoms with van der Waals surface area (Å²) < 4.78 is 10.5. The van der Waals surface area contributed by atoms with Gasteiger partial charge in [0.25, 0.3) is 0 Å². The van der Waals surface area contributed by atoms with E-state index >= 15 is 0 Å². The summed E-state index contributed by atoms with van der Waals surface area (Å²) in [5.74, 6) is -4.32. The molecule has 0 aromatic heterocycles. The van der Waals surface area contributed by atoms with Crippen LogP contribution in [0.1, 0.15) is 163 Å². The summed E-state index contributed by atoms with van der Waals surface area (Å²) in [5.41, 5.74) is -1.17. The summed E-state index contributed by atoms with van der Waals surface area (Å²) in [6.45, 7) is 7.27. The number of carbonyl (C=O) groups excluding carboxylic acids is 4. The first-order valence-corrected chi connectivity index (χ1v) is 18.3. The van der Waals surface area contributed by atoms with Crippen LogP contribution in [0, 0.1) is 23.2 Å². The van der Waals surface area contributed by atoms with Crippen LogP contribution in [0.25, 0.3) is 0 Å². The third-order valence-corrected chi connectivity index (χ3v) is 9.75. The van der Waals surface area contributed by atoms with Crippen LogP contribution >= 0.6 is 0 Å². The molecule has 0 unspecified atom stereocenters. The monoisotopic (exact) mass is 630 g/mol. The summed E-state index contributed by atoms with van der Waals surface area (Å²) in [4.78, 5) is 53.3. The van der Waals surface area contributed by atoms with Crippen LogP contribution < -0.4 is 0 Å². The Balaban J connectivity index is 3.16. The van der Waals surface area contributed by atoms with Gasteiger partial charge < -0.3 is 9.47 Å². The number of hydrogen-bond donors (Lipinski definition) is 0. The second-order valence-corrected chi connectivity index (χ2v) is 13.3. The summed E-state index contributed by atoms with van der Waals surface area (Å²) in [5, 5.41) is 0. The number of esters is 2. The van der Waals surface area contributed by atoms with Gasteiger partial charge >= 0.3 is 11.9 Å². The lowest BCUT2D eigenvalue weighted by Gasteiger charge is -2.46. The van der Waals surface area contributed by atoms with Crippen molar-refractivity contribution in [2.24, 2.45) is 23.2 Å². The van der Waals surface area contributed by atoms with Gasteiger partial charge in [0.05, 0.1) is 26.1 Å². The summed E-state index contributed by atoms with van der Waals surface area (Å²) in [6.07, 6.45) is 29.9. The Labute approximate surface area is 275 Å². The third-order valence-electron chi connectivity index (χ3n) is 9.75. The van der Waals surface area contributed by atoms with Gasteiger partial charge in [-0.3, -0.25) is 14.4 Å². The zero-order chi connectivity index (χ0) is 33.5. The molecule has 0 aromatic rings. The Hall–Kier alpha value is -2.24. The molecule has 6 nitrogen and oxygen atoms in total. The Morgan fingerprint density at radius 2 is 1.13 bits per heavy atom. The second kappa shape index (κ2) is 24.0. The first kappa shape index (κ1) is 40.8. The first-order valence-electron chi connectivity index (χ1n) is 18.3. The number of methoxy groups -OCH3 is 2. The van der Waals surface area contributed by atoms with Crippen molar-refractivity contribution >= 4 is 23.5 Å². The standard InChI is InChI=1S/C39H66O6/c1-7-9-11-13-15-17-19-21-23-25-27-29-39(38(43)45-6)33(28-26-24-22-20-18-16-14-12-10-8-2)30-34(37(42)44-5)35(31(3)40)36(39)32(4)41/h27,29-30,33,35-36H,7-26,28H2,1-6H3/b29-27+/t33-,35+,36-,39+/m1/s1. The van der Waals surface area contributed by atoms with Crippen molar-refractivity contribution in [3.8, 4) is 0 Å². The van der Waals surface area contributed by atoms with Gasteiger partial charge in [-0.15, -0.1) is 0 Å². The van der Waals surface area contributed by atoms with E-state index in [9.17, 15) is 19.2 Å². The number of carbonyl (C=O) groups is 4. The molecule has 0 N–H and O–H groups in total. The van der Waals surface area contributed by atoms with Crippen molar-refractivity contribution in [3.05, 3.63) is 23.8 Å². The zero-order valence-corrected chi connectivity index (χ0v) is 29.8. The highest BCUT2D eigenvalue weighted by molar-refractivity contribution is 6.03. The normalized spacial score (nSPS) is 21.5. The lowest BCUT2D eigenvalue weighted by atomic mass is 9.54. The third kappa shape index (κ3) is 13.6. The van der Waals surface area contributed by atoms with Crippen molar-refractivity contribution in [3.63, 3.8) is 0 Å². The van der Waals surface area contributed by atoms with Crippen molar-refractivity contribution in [2.45, 2.75) is 163 Å². The number of hydrogen-bond acceptors (Lipinski definition) is 6. The number of rotatable bonds is 26. The van der Waals surface area contributed by atoms with Crippen LogP contribution in [-0.4, -0.2) is 37.7 Å². The first-order chi connectivity index (χ1) is 21.7. The minimum atomic E-state index is -1.35. The summed E-state index contributed by atoms with van der Waals surface area (Å²) in [7, 11) is 2.63. The van der Waals surface area contributed by atoms with Gasteiger partial charge in [0.15, 0.2) is 0 Å². The van der Waals surface area contributed by atoms with E-state index in [0.717, 1.165) is 38.5 Å². The fourth-order valence-corrected chi connectivity index (χ4v) is 7.26. The number of unbranched alkanes of at least 4 members (excludes halogenated alkanes) is 18. The molecule has 0 radical (unpaired) electrons. The molecule has 1 aliphatic rings. The molecule has 0 saturated heterocycles. The van der Waals surface area contributed by atoms with Crippen molar-refractivity contribution in [2.75, 3.05) is 14.2 Å². The van der Waals surface area contributed by atoms with Crippen LogP contribution in [-0.2, 0) is 28.7 Å². The van der Waals surface area contributed by atoms with Crippen molar-refractivity contribution in [1.82, 2.24) is 0 Å². The van der Waals surface area contributed by atoms with E-state index in [1.807, 2.05) is 12.2 Å². The molecule has 258 valence electrons. The molecule has 6 heteroatoms. The van der Waals surface area contributed by atoms with Gasteiger partial charge in [0.2, 0.25) is 0 Å². The maximum atomic E-state index is 13.8. The summed E-state index contributed by atoms with van der Waals surface area (Å²) in [6, 6.07) is 0. The molecule has 0 aliphatic heterocycles. The molecule has 0 spiro atoms. The lowest BCUT2D eigenvalue weighted by molar-refractivity contribution is -0.162. The van der Waals surface area contributed by atoms with E-state index < -0.39 is 35.1 Å². The van der Waals surface area contributed by atoms with Gasteiger partial charge in [-0.2, -0.15) is 0 Å². The Bertz CT molecular complexity index is 934. The van der Waals surface area contributed by atoms with Crippen LogP contribution in [0.2, 0.25) is 0 Å². The Kier molecular flexibility index (Phi) is 21.8. The fraction of sp³-hybridized carbons (Fsp3) is 0.795. The second-order valence-electron chi connectivity index (χ2n) is 13.3. The van der Waals surface area contributed by atoms with Crippen LogP contribution in [0.15, 0.2) is 23.8 Å². The maximum absolute atomic E-state index is 13.8. The highest BCUT2D eigenvalue weighted by Crippen LogP contribution is 2.52. The Morgan fingerprint density at radius 3 is 1.56 bits per heavy atom. The molecule has 0 saturated carbocycles. The molecule has 0 aromatic carbocycles. The molecule has 1 aliphatic carbocycles. The van der Waals surface area contributed by atoms with Gasteiger partial charge in [-0.05, 0) is 39.0 Å². The maximum Gasteiger partial charge on any atom is 0.334 e. The lowest BCUT2D eigenvalue weighted by Crippen LogP contribution is -2.54. The molecule has 4 atom stereocenters. The molecular weight excluding hydrogens is 564 g/mol. The van der Waals surface area contributed by atoms with E-state index in [1.165, 1.54) is 118 Å². The number of Topliss-reactive ketones (excluding diaryl/α,β-unsaturated/α-hetero) is 2. The zero-order valence-electron chi connectivity index (χ0n) is 29.8. The Morgan fingerprint density at radius 1 is 0.667 bits per heavy atom. The van der Waals surface area contributed by atoms with Gasteiger partial charge in [0, 0.05) is 5.57 Å². The van der Waals surface area contributed by atoms with Crippen molar-refractivity contribution in [1.29, 1.82) is 0 Å². The molecule has 45 heavy (non-hydrogen) atoms. The number of allylic oxidation sites excluding steroid dienone is 2. The van der Waals surface area contributed by atoms with Gasteiger partial charge in [-0.1, -0.05) is 148 Å². The van der Waals surface area contributed by atoms with E-state index in [0.29, 0.717) is 6.42 Å². The number of ketones is 2.